The van der Waals surface area contributed by atoms with Crippen LogP contribution in [0.15, 0.2) is 152 Å². The average Bonchev–Trinajstić information content (AvgIpc) is 3.79. The Labute approximate surface area is 314 Å². The van der Waals surface area contributed by atoms with Crippen molar-refractivity contribution in [3.63, 3.8) is 0 Å². The second kappa shape index (κ2) is 10.9. The first-order chi connectivity index (χ1) is 25.8. The van der Waals surface area contributed by atoms with E-state index in [4.69, 9.17) is 4.98 Å². The molecule has 2 heteroatoms. The van der Waals surface area contributed by atoms with Crippen LogP contribution in [0.25, 0.3) is 86.8 Å². The third kappa shape index (κ3) is 4.27. The summed E-state index contributed by atoms with van der Waals surface area (Å²) in [6.45, 7) is 9.48. The molecule has 0 saturated heterocycles. The summed E-state index contributed by atoms with van der Waals surface area (Å²) >= 11 is 1.79. The summed E-state index contributed by atoms with van der Waals surface area (Å²) in [4.78, 5) is 5.25. The molecule has 0 radical (unpaired) electrons. The largest absolute Gasteiger partial charge is 0.236 e. The lowest BCUT2D eigenvalue weighted by molar-refractivity contribution is 0.660. The van der Waals surface area contributed by atoms with E-state index in [9.17, 15) is 0 Å². The number of fused-ring (bicyclic) bond motifs is 9. The highest BCUT2D eigenvalue weighted by atomic mass is 32.1. The molecule has 8 aromatic carbocycles. The van der Waals surface area contributed by atoms with E-state index < -0.39 is 0 Å². The molecular formula is C51H37NS. The Morgan fingerprint density at radius 3 is 1.57 bits per heavy atom. The third-order valence-corrected chi connectivity index (χ3v) is 13.4. The molecule has 1 aromatic heterocycles. The maximum absolute atomic E-state index is 5.25. The van der Waals surface area contributed by atoms with Gasteiger partial charge in [0.15, 0.2) is 0 Å². The van der Waals surface area contributed by atoms with Gasteiger partial charge in [-0.05, 0) is 119 Å². The van der Waals surface area contributed by atoms with Crippen molar-refractivity contribution in [1.82, 2.24) is 4.98 Å². The number of rotatable bonds is 3. The first kappa shape index (κ1) is 30.8. The fraction of sp³-hybridized carbons (Fsp3) is 0.118. The lowest BCUT2D eigenvalue weighted by Gasteiger charge is -2.23. The molecule has 0 atom stereocenters. The Morgan fingerprint density at radius 1 is 0.396 bits per heavy atom. The zero-order valence-corrected chi connectivity index (χ0v) is 31.1. The van der Waals surface area contributed by atoms with Gasteiger partial charge in [-0.25, -0.2) is 4.98 Å². The average molecular weight is 696 g/mol. The lowest BCUT2D eigenvalue weighted by atomic mass is 9.80. The smallest absolute Gasteiger partial charge is 0.125 e. The topological polar surface area (TPSA) is 12.9 Å². The standard InChI is InChI=1S/C51H37NS/c1-50(2)41-17-9-7-13-33(41)35-24-21-31(28-43(35)50)30-22-26-39-40(27-30)47(32-23-25-36-34-14-8-10-18-42(34)51(3,4)44(36)29-32)37-15-5-6-16-38(37)48(39)49-52-45-19-11-12-20-46(45)53-49/h5-29H,1-4H3. The molecule has 0 amide bonds. The summed E-state index contributed by atoms with van der Waals surface area (Å²) in [6.07, 6.45) is 0. The fourth-order valence-electron chi connectivity index (χ4n) is 9.62. The minimum Gasteiger partial charge on any atom is -0.236 e. The Balaban J connectivity index is 1.20. The zero-order valence-electron chi connectivity index (χ0n) is 30.3. The molecule has 0 fully saturated rings. The van der Waals surface area contributed by atoms with E-state index in [2.05, 4.69) is 179 Å². The van der Waals surface area contributed by atoms with Gasteiger partial charge < -0.3 is 0 Å². The van der Waals surface area contributed by atoms with E-state index >= 15 is 0 Å². The second-order valence-corrected chi connectivity index (χ2v) is 16.9. The Hall–Kier alpha value is -5.83. The molecule has 53 heavy (non-hydrogen) atoms. The molecule has 1 nitrogen and oxygen atoms in total. The normalized spacial score (nSPS) is 14.7. The minimum absolute atomic E-state index is 0.0606. The molecule has 0 aliphatic heterocycles. The number of hydrogen-bond acceptors (Lipinski definition) is 2. The van der Waals surface area contributed by atoms with Crippen molar-refractivity contribution in [2.75, 3.05) is 0 Å². The summed E-state index contributed by atoms with van der Waals surface area (Å²) in [7, 11) is 0. The molecule has 9 aromatic rings. The van der Waals surface area contributed by atoms with E-state index in [1.165, 1.54) is 98.6 Å². The first-order valence-corrected chi connectivity index (χ1v) is 19.4. The number of thiazole rings is 1. The molecule has 0 spiro atoms. The molecular weight excluding hydrogens is 659 g/mol. The van der Waals surface area contributed by atoms with Gasteiger partial charge in [-0.15, -0.1) is 11.3 Å². The van der Waals surface area contributed by atoms with Crippen molar-refractivity contribution in [1.29, 1.82) is 0 Å². The van der Waals surface area contributed by atoms with Crippen LogP contribution in [0, 0.1) is 0 Å². The Morgan fingerprint density at radius 2 is 0.887 bits per heavy atom. The van der Waals surface area contributed by atoms with Crippen molar-refractivity contribution in [2.24, 2.45) is 0 Å². The molecule has 2 aliphatic rings. The van der Waals surface area contributed by atoms with Crippen LogP contribution in [0.2, 0.25) is 0 Å². The van der Waals surface area contributed by atoms with E-state index in [1.807, 2.05) is 0 Å². The number of para-hydroxylation sites is 1. The number of benzene rings is 8. The predicted octanol–water partition coefficient (Wildman–Crippen LogP) is 14.2. The molecule has 11 rings (SSSR count). The zero-order chi connectivity index (χ0) is 35.6. The highest BCUT2D eigenvalue weighted by Gasteiger charge is 2.37. The summed E-state index contributed by atoms with van der Waals surface area (Å²) in [5.74, 6) is 0. The highest BCUT2D eigenvalue weighted by molar-refractivity contribution is 7.21. The SMILES string of the molecule is CC1(C)c2ccccc2-c2ccc(-c3ccc4c(-c5nc6ccccc6s5)c5ccccc5c(-c5ccc6c(c5)C(C)(C)c5ccccc5-6)c4c3)cc21. The molecule has 0 saturated carbocycles. The van der Waals surface area contributed by atoms with Crippen LogP contribution in [0.4, 0.5) is 0 Å². The van der Waals surface area contributed by atoms with Crippen molar-refractivity contribution < 1.29 is 0 Å². The van der Waals surface area contributed by atoms with Gasteiger partial charge in [-0.2, -0.15) is 0 Å². The van der Waals surface area contributed by atoms with Crippen LogP contribution in [0.3, 0.4) is 0 Å². The van der Waals surface area contributed by atoms with Gasteiger partial charge in [0.05, 0.1) is 10.2 Å². The molecule has 0 bridgehead atoms. The highest BCUT2D eigenvalue weighted by Crippen LogP contribution is 2.53. The van der Waals surface area contributed by atoms with Gasteiger partial charge in [0.25, 0.3) is 0 Å². The Bertz CT molecular complexity index is 2980. The van der Waals surface area contributed by atoms with Crippen LogP contribution in [-0.4, -0.2) is 4.98 Å². The van der Waals surface area contributed by atoms with Crippen molar-refractivity contribution >= 4 is 43.1 Å². The first-order valence-electron chi connectivity index (χ1n) is 18.6. The van der Waals surface area contributed by atoms with Gasteiger partial charge in [-0.3, -0.25) is 0 Å². The second-order valence-electron chi connectivity index (χ2n) is 15.9. The summed E-state index contributed by atoms with van der Waals surface area (Å²) < 4.78 is 1.21. The molecule has 2 aliphatic carbocycles. The number of hydrogen-bond donors (Lipinski definition) is 0. The van der Waals surface area contributed by atoms with Crippen LogP contribution < -0.4 is 0 Å². The predicted molar refractivity (Wildman–Crippen MR) is 226 cm³/mol. The van der Waals surface area contributed by atoms with E-state index in [-0.39, 0.29) is 10.8 Å². The maximum atomic E-state index is 5.25. The van der Waals surface area contributed by atoms with Crippen LogP contribution in [0.5, 0.6) is 0 Å². The van der Waals surface area contributed by atoms with Crippen LogP contribution in [0.1, 0.15) is 49.9 Å². The molecule has 0 unspecified atom stereocenters. The van der Waals surface area contributed by atoms with Gasteiger partial charge in [0.2, 0.25) is 0 Å². The molecule has 0 N–H and O–H groups in total. The van der Waals surface area contributed by atoms with E-state index in [0.717, 1.165) is 10.5 Å². The number of aromatic nitrogens is 1. The maximum Gasteiger partial charge on any atom is 0.125 e. The quantitative estimate of drug-likeness (QED) is 0.168. The molecule has 252 valence electrons. The number of nitrogens with zero attached hydrogens (tertiary/aromatic N) is 1. The van der Waals surface area contributed by atoms with Crippen molar-refractivity contribution in [3.05, 3.63) is 174 Å². The molecule has 1 heterocycles. The van der Waals surface area contributed by atoms with Gasteiger partial charge in [-0.1, -0.05) is 149 Å². The minimum atomic E-state index is -0.0889. The monoisotopic (exact) mass is 695 g/mol. The van der Waals surface area contributed by atoms with Gasteiger partial charge >= 0.3 is 0 Å². The van der Waals surface area contributed by atoms with Gasteiger partial charge in [0, 0.05) is 16.4 Å². The summed E-state index contributed by atoms with van der Waals surface area (Å²) in [6, 6.07) is 56.8. The van der Waals surface area contributed by atoms with Crippen molar-refractivity contribution in [2.45, 2.75) is 38.5 Å². The summed E-state index contributed by atoms with van der Waals surface area (Å²) in [5.41, 5.74) is 18.1. The lowest BCUT2D eigenvalue weighted by Crippen LogP contribution is -2.14. The fourth-order valence-corrected chi connectivity index (χ4v) is 10.7. The van der Waals surface area contributed by atoms with Crippen LogP contribution in [-0.2, 0) is 10.8 Å². The van der Waals surface area contributed by atoms with Gasteiger partial charge in [0.1, 0.15) is 5.01 Å². The third-order valence-electron chi connectivity index (χ3n) is 12.3. The van der Waals surface area contributed by atoms with E-state index in [1.54, 1.807) is 11.3 Å². The van der Waals surface area contributed by atoms with E-state index in [0.29, 0.717) is 0 Å². The summed E-state index contributed by atoms with van der Waals surface area (Å²) in [5, 5.41) is 6.05. The Kier molecular flexibility index (Phi) is 6.30. The van der Waals surface area contributed by atoms with Crippen molar-refractivity contribution in [3.8, 4) is 55.1 Å². The van der Waals surface area contributed by atoms with Crippen LogP contribution >= 0.6 is 11.3 Å².